The number of ether oxygens (including phenoxy) is 2. The van der Waals surface area contributed by atoms with E-state index in [0.29, 0.717) is 51.1 Å². The van der Waals surface area contributed by atoms with Crippen LogP contribution in [0.5, 0.6) is 11.5 Å². The molecule has 0 aliphatic heterocycles. The van der Waals surface area contributed by atoms with Gasteiger partial charge in [0.2, 0.25) is 0 Å². The van der Waals surface area contributed by atoms with E-state index in [2.05, 4.69) is 40.1 Å². The lowest BCUT2D eigenvalue weighted by Gasteiger charge is -2.02. The minimum atomic E-state index is -0.298. The van der Waals surface area contributed by atoms with Gasteiger partial charge in [-0.1, -0.05) is 35.4 Å². The number of rotatable bonds is 6. The molecule has 16 heteroatoms. The first-order valence-electron chi connectivity index (χ1n) is 14.6. The molecule has 0 fully saturated rings. The molecule has 8 rings (SSSR count). The minimum Gasteiger partial charge on any atom is -0.486 e. The predicted molar refractivity (Wildman–Crippen MR) is 172 cm³/mol. The number of fused-ring (bicyclic) bond motifs is 6. The van der Waals surface area contributed by atoms with E-state index in [-0.39, 0.29) is 24.6 Å². The lowest BCUT2D eigenvalue weighted by atomic mass is 10.2. The average Bonchev–Trinajstić information content (AvgIpc) is 3.87. The third-order valence-electron chi connectivity index (χ3n) is 7.52. The van der Waals surface area contributed by atoms with Crippen LogP contribution in [0.3, 0.4) is 0 Å². The van der Waals surface area contributed by atoms with E-state index in [1.807, 2.05) is 69.3 Å². The van der Waals surface area contributed by atoms with Gasteiger partial charge in [-0.3, -0.25) is 9.13 Å². The van der Waals surface area contributed by atoms with Crippen molar-refractivity contribution < 1.29 is 9.47 Å². The Morgan fingerprint density at radius 1 is 0.638 bits per heavy atom. The monoisotopic (exact) mass is 634 g/mol. The highest BCUT2D eigenvalue weighted by atomic mass is 16.5. The quantitative estimate of drug-likeness (QED) is 0.276. The number of aryl methyl sites for hydroxylation is 5. The molecule has 2 aromatic carbocycles. The topological polar surface area (TPSA) is 180 Å². The Morgan fingerprint density at radius 2 is 1.13 bits per heavy atom. The van der Waals surface area contributed by atoms with Gasteiger partial charge in [0.25, 0.3) is 0 Å². The molecular formula is C31H30N12O4. The molecule has 47 heavy (non-hydrogen) atoms. The van der Waals surface area contributed by atoms with Crippen molar-refractivity contribution >= 4 is 33.6 Å². The van der Waals surface area contributed by atoms with Gasteiger partial charge in [0.1, 0.15) is 41.6 Å². The number of hydrogen-bond donors (Lipinski definition) is 2. The van der Waals surface area contributed by atoms with E-state index >= 15 is 0 Å². The molecule has 0 amide bonds. The van der Waals surface area contributed by atoms with Gasteiger partial charge in [0, 0.05) is 14.1 Å². The van der Waals surface area contributed by atoms with Crippen molar-refractivity contribution in [3.05, 3.63) is 104 Å². The molecule has 0 atom stereocenters. The molecule has 16 nitrogen and oxygen atoms in total. The second-order valence-corrected chi connectivity index (χ2v) is 11.0. The number of nitrogens with zero attached hydrogens (tertiary/aromatic N) is 10. The number of H-pyrrole nitrogens is 2. The summed E-state index contributed by atoms with van der Waals surface area (Å²) in [4.78, 5) is 48.1. The Balaban J connectivity index is 0.000000150. The zero-order chi connectivity index (χ0) is 32.8. The third-order valence-corrected chi connectivity index (χ3v) is 7.52. The van der Waals surface area contributed by atoms with Gasteiger partial charge < -0.3 is 19.4 Å². The molecule has 238 valence electrons. The van der Waals surface area contributed by atoms with Crippen molar-refractivity contribution in [1.29, 1.82) is 0 Å². The molecule has 0 radical (unpaired) electrons. The van der Waals surface area contributed by atoms with Gasteiger partial charge in [0.15, 0.2) is 34.2 Å². The van der Waals surface area contributed by atoms with Crippen LogP contribution in [0, 0.1) is 20.8 Å². The fourth-order valence-corrected chi connectivity index (χ4v) is 5.04. The van der Waals surface area contributed by atoms with Crippen molar-refractivity contribution in [2.24, 2.45) is 14.1 Å². The van der Waals surface area contributed by atoms with Crippen molar-refractivity contribution in [2.75, 3.05) is 0 Å². The molecule has 0 unspecified atom stereocenters. The molecule has 8 aromatic rings. The lowest BCUT2D eigenvalue weighted by Crippen LogP contribution is -2.25. The summed E-state index contributed by atoms with van der Waals surface area (Å²) < 4.78 is 16.8. The van der Waals surface area contributed by atoms with Crippen LogP contribution in [0.1, 0.15) is 28.6 Å². The maximum Gasteiger partial charge on any atom is 0.352 e. The van der Waals surface area contributed by atoms with Crippen LogP contribution in [-0.4, -0.2) is 58.3 Å². The van der Waals surface area contributed by atoms with Crippen molar-refractivity contribution in [2.45, 2.75) is 34.0 Å². The summed E-state index contributed by atoms with van der Waals surface area (Å²) in [6.45, 7) is 6.23. The van der Waals surface area contributed by atoms with Crippen molar-refractivity contribution in [3.8, 4) is 11.5 Å². The number of aromatic amines is 2. The highest BCUT2D eigenvalue weighted by Gasteiger charge is 2.17. The van der Waals surface area contributed by atoms with E-state index in [9.17, 15) is 9.59 Å². The van der Waals surface area contributed by atoms with Crippen LogP contribution >= 0.6 is 0 Å². The number of benzene rings is 2. The summed E-state index contributed by atoms with van der Waals surface area (Å²) in [6, 6.07) is 15.4. The van der Waals surface area contributed by atoms with E-state index in [1.54, 1.807) is 14.1 Å². The zero-order valence-corrected chi connectivity index (χ0v) is 26.2. The molecule has 6 aromatic heterocycles. The molecule has 2 N–H and O–H groups in total. The standard InChI is InChI=1S/C16H16N6O2.C15H14N6O2/c1-9-4-6-11(7-5-9)24-8-12-19-15-13-14(18-10(2)17-13)21(3)16(23)22(15)20-12;1-9-3-5-10(6-4-9)23-7-11-18-14-12-13(17-8-16-12)20(2)15(22)21(14)19-11/h4-7H,8H2,1-3H3,(H,17,18);3-6,8H,7H2,1-2H3,(H,16,17). The second kappa shape index (κ2) is 11.6. The van der Waals surface area contributed by atoms with Crippen LogP contribution in [-0.2, 0) is 27.3 Å². The maximum atomic E-state index is 12.4. The van der Waals surface area contributed by atoms with Gasteiger partial charge >= 0.3 is 11.4 Å². The first kappa shape index (κ1) is 29.4. The Labute approximate surface area is 265 Å². The molecule has 6 heterocycles. The number of hydrogen-bond acceptors (Lipinski definition) is 10. The summed E-state index contributed by atoms with van der Waals surface area (Å²) in [6.07, 6.45) is 1.53. The highest BCUT2D eigenvalue weighted by Crippen LogP contribution is 2.17. The first-order valence-corrected chi connectivity index (χ1v) is 14.6. The summed E-state index contributed by atoms with van der Waals surface area (Å²) in [7, 11) is 3.31. The van der Waals surface area contributed by atoms with Gasteiger partial charge in [0.05, 0.1) is 6.33 Å². The molecule has 0 spiro atoms. The summed E-state index contributed by atoms with van der Waals surface area (Å²) in [5, 5.41) is 8.50. The second-order valence-electron chi connectivity index (χ2n) is 11.0. The van der Waals surface area contributed by atoms with Gasteiger partial charge in [-0.05, 0) is 45.0 Å². The van der Waals surface area contributed by atoms with Gasteiger partial charge in [-0.25, -0.2) is 29.5 Å². The van der Waals surface area contributed by atoms with Gasteiger partial charge in [-0.15, -0.1) is 10.2 Å². The van der Waals surface area contributed by atoms with Crippen molar-refractivity contribution in [1.82, 2.24) is 58.3 Å². The summed E-state index contributed by atoms with van der Waals surface area (Å²) in [5.74, 6) is 3.05. The molecule has 0 bridgehead atoms. The summed E-state index contributed by atoms with van der Waals surface area (Å²) >= 11 is 0. The Bertz CT molecular complexity index is 2520. The molecule has 0 aliphatic carbocycles. The number of aromatic nitrogens is 12. The van der Waals surface area contributed by atoms with E-state index < -0.39 is 0 Å². The average molecular weight is 635 g/mol. The first-order chi connectivity index (χ1) is 22.7. The SMILES string of the molecule is Cc1ccc(OCc2nc3c4[nH]c(C)nc4n(C)c(=O)n3n2)cc1.Cc1ccc(OCc2nc3c4[nH]cnc4n(C)c(=O)n3n2)cc1. The Kier molecular flexibility index (Phi) is 7.23. The molecular weight excluding hydrogens is 604 g/mol. The van der Waals surface area contributed by atoms with Crippen LogP contribution in [0.4, 0.5) is 0 Å². The summed E-state index contributed by atoms with van der Waals surface area (Å²) in [5.41, 5.74) is 5.09. The minimum absolute atomic E-state index is 0.183. The van der Waals surface area contributed by atoms with E-state index in [4.69, 9.17) is 9.47 Å². The Hall–Kier alpha value is -6.32. The van der Waals surface area contributed by atoms with Crippen molar-refractivity contribution in [3.63, 3.8) is 0 Å². The predicted octanol–water partition coefficient (Wildman–Crippen LogP) is 2.69. The smallest absolute Gasteiger partial charge is 0.352 e. The third kappa shape index (κ3) is 5.45. The molecule has 0 saturated heterocycles. The lowest BCUT2D eigenvalue weighted by molar-refractivity contribution is 0.296. The number of nitrogens with one attached hydrogen (secondary N) is 2. The van der Waals surface area contributed by atoms with Gasteiger partial charge in [-0.2, -0.15) is 9.03 Å². The highest BCUT2D eigenvalue weighted by molar-refractivity contribution is 5.85. The van der Waals surface area contributed by atoms with Crippen LogP contribution < -0.4 is 20.9 Å². The Morgan fingerprint density at radius 3 is 1.66 bits per heavy atom. The van der Waals surface area contributed by atoms with Crippen LogP contribution in [0.25, 0.3) is 33.6 Å². The van der Waals surface area contributed by atoms with E-state index in [0.717, 1.165) is 22.6 Å². The fourth-order valence-electron chi connectivity index (χ4n) is 5.04. The molecule has 0 aliphatic rings. The normalized spacial score (nSPS) is 11.4. The van der Waals surface area contributed by atoms with Crippen LogP contribution in [0.15, 0.2) is 64.4 Å². The largest absolute Gasteiger partial charge is 0.486 e. The fraction of sp³-hybridized carbons (Fsp3) is 0.226. The van der Waals surface area contributed by atoms with Crippen LogP contribution in [0.2, 0.25) is 0 Å². The maximum absolute atomic E-state index is 12.4. The molecule has 0 saturated carbocycles. The van der Waals surface area contributed by atoms with E-state index in [1.165, 1.54) is 24.5 Å². The zero-order valence-electron chi connectivity index (χ0n) is 26.2. The number of imidazole rings is 2.